The lowest BCUT2D eigenvalue weighted by atomic mass is 10.4. The molecule has 0 aliphatic rings. The van der Waals surface area contributed by atoms with Gasteiger partial charge in [-0.05, 0) is 13.8 Å². The lowest BCUT2D eigenvalue weighted by Gasteiger charge is -2.13. The number of amides is 2. The van der Waals surface area contributed by atoms with Gasteiger partial charge in [-0.2, -0.15) is 0 Å². The minimum atomic E-state index is -0.117. The SMILES string of the molecule is CC(C)Oc1cc(NCCNC(=O)N(C)C)ncn1. The van der Waals surface area contributed by atoms with Gasteiger partial charge in [0.05, 0.1) is 6.10 Å². The van der Waals surface area contributed by atoms with Gasteiger partial charge in [0.1, 0.15) is 12.1 Å². The third-order valence-corrected chi connectivity index (χ3v) is 2.11. The number of carbonyl (C=O) groups excluding carboxylic acids is 1. The van der Waals surface area contributed by atoms with E-state index in [2.05, 4.69) is 20.6 Å². The van der Waals surface area contributed by atoms with Crippen molar-refractivity contribution < 1.29 is 9.53 Å². The fraction of sp³-hybridized carbons (Fsp3) is 0.583. The summed E-state index contributed by atoms with van der Waals surface area (Å²) in [6.07, 6.45) is 1.51. The smallest absolute Gasteiger partial charge is 0.316 e. The highest BCUT2D eigenvalue weighted by atomic mass is 16.5. The minimum absolute atomic E-state index is 0.0714. The van der Waals surface area contributed by atoms with Crippen molar-refractivity contribution in [3.05, 3.63) is 12.4 Å². The molecule has 106 valence electrons. The van der Waals surface area contributed by atoms with Gasteiger partial charge < -0.3 is 20.3 Å². The molecule has 0 aliphatic heterocycles. The van der Waals surface area contributed by atoms with Crippen LogP contribution < -0.4 is 15.4 Å². The van der Waals surface area contributed by atoms with E-state index in [1.54, 1.807) is 20.2 Å². The molecule has 1 aromatic heterocycles. The number of nitrogens with one attached hydrogen (secondary N) is 2. The zero-order valence-electron chi connectivity index (χ0n) is 11.8. The first-order chi connectivity index (χ1) is 8.99. The van der Waals surface area contributed by atoms with Gasteiger partial charge in [0, 0.05) is 33.3 Å². The van der Waals surface area contributed by atoms with E-state index >= 15 is 0 Å². The second-order valence-corrected chi connectivity index (χ2v) is 4.46. The van der Waals surface area contributed by atoms with Crippen LogP contribution in [0.5, 0.6) is 5.88 Å². The molecule has 2 amide bonds. The largest absolute Gasteiger partial charge is 0.475 e. The van der Waals surface area contributed by atoms with Crippen molar-refractivity contribution in [1.29, 1.82) is 0 Å². The molecule has 0 atom stereocenters. The Balaban J connectivity index is 2.35. The molecule has 0 aromatic carbocycles. The topological polar surface area (TPSA) is 79.4 Å². The number of aromatic nitrogens is 2. The van der Waals surface area contributed by atoms with Crippen molar-refractivity contribution in [2.75, 3.05) is 32.5 Å². The monoisotopic (exact) mass is 267 g/mol. The second kappa shape index (κ2) is 7.40. The van der Waals surface area contributed by atoms with Crippen LogP contribution in [0, 0.1) is 0 Å². The third kappa shape index (κ3) is 5.89. The van der Waals surface area contributed by atoms with Gasteiger partial charge in [0.2, 0.25) is 5.88 Å². The highest BCUT2D eigenvalue weighted by Crippen LogP contribution is 2.11. The van der Waals surface area contributed by atoms with E-state index in [1.165, 1.54) is 11.2 Å². The Morgan fingerprint density at radius 2 is 2.11 bits per heavy atom. The highest BCUT2D eigenvalue weighted by molar-refractivity contribution is 5.73. The molecule has 7 heteroatoms. The Bertz CT molecular complexity index is 409. The number of ether oxygens (including phenoxy) is 1. The van der Waals surface area contributed by atoms with Crippen LogP contribution in [0.4, 0.5) is 10.6 Å². The summed E-state index contributed by atoms with van der Waals surface area (Å²) >= 11 is 0. The fourth-order valence-corrected chi connectivity index (χ4v) is 1.26. The number of hydrogen-bond acceptors (Lipinski definition) is 5. The molecule has 0 bridgehead atoms. The molecule has 0 saturated heterocycles. The summed E-state index contributed by atoms with van der Waals surface area (Å²) in [5, 5.41) is 5.84. The van der Waals surface area contributed by atoms with Crippen LogP contribution in [0.25, 0.3) is 0 Å². The maximum absolute atomic E-state index is 11.3. The molecule has 7 nitrogen and oxygen atoms in total. The molecule has 0 aliphatic carbocycles. The summed E-state index contributed by atoms with van der Waals surface area (Å²) in [7, 11) is 3.39. The van der Waals surface area contributed by atoms with Crippen molar-refractivity contribution in [2.45, 2.75) is 20.0 Å². The van der Waals surface area contributed by atoms with E-state index in [0.29, 0.717) is 24.8 Å². The lowest BCUT2D eigenvalue weighted by molar-refractivity contribution is 0.218. The quantitative estimate of drug-likeness (QED) is 0.750. The molecule has 0 fully saturated rings. The van der Waals surface area contributed by atoms with E-state index in [1.807, 2.05) is 13.8 Å². The number of urea groups is 1. The summed E-state index contributed by atoms with van der Waals surface area (Å²) in [5.74, 6) is 1.20. The summed E-state index contributed by atoms with van der Waals surface area (Å²) < 4.78 is 5.46. The van der Waals surface area contributed by atoms with Gasteiger partial charge >= 0.3 is 6.03 Å². The summed E-state index contributed by atoms with van der Waals surface area (Å²) in [6.45, 7) is 4.97. The van der Waals surface area contributed by atoms with Crippen molar-refractivity contribution in [3.8, 4) is 5.88 Å². The van der Waals surface area contributed by atoms with Gasteiger partial charge in [-0.25, -0.2) is 14.8 Å². The van der Waals surface area contributed by atoms with Crippen LogP contribution in [0.15, 0.2) is 12.4 Å². The van der Waals surface area contributed by atoms with Crippen molar-refractivity contribution in [2.24, 2.45) is 0 Å². The number of carbonyl (C=O) groups is 1. The Hall–Kier alpha value is -2.05. The van der Waals surface area contributed by atoms with Gasteiger partial charge in [-0.1, -0.05) is 0 Å². The maximum atomic E-state index is 11.3. The minimum Gasteiger partial charge on any atom is -0.475 e. The molecule has 0 saturated carbocycles. The van der Waals surface area contributed by atoms with Crippen LogP contribution in [0.3, 0.4) is 0 Å². The molecule has 2 N–H and O–H groups in total. The van der Waals surface area contributed by atoms with Crippen LogP contribution in [-0.4, -0.2) is 54.2 Å². The molecule has 1 rings (SSSR count). The number of nitrogens with zero attached hydrogens (tertiary/aromatic N) is 3. The Labute approximate surface area is 113 Å². The normalized spacial score (nSPS) is 10.2. The number of rotatable bonds is 6. The maximum Gasteiger partial charge on any atom is 0.316 e. The molecule has 0 unspecified atom stereocenters. The van der Waals surface area contributed by atoms with Gasteiger partial charge in [0.25, 0.3) is 0 Å². The fourth-order valence-electron chi connectivity index (χ4n) is 1.26. The average Bonchev–Trinajstić information content (AvgIpc) is 2.34. The van der Waals surface area contributed by atoms with Crippen LogP contribution >= 0.6 is 0 Å². The zero-order valence-corrected chi connectivity index (χ0v) is 11.8. The molecular weight excluding hydrogens is 246 g/mol. The van der Waals surface area contributed by atoms with Gasteiger partial charge in [-0.15, -0.1) is 0 Å². The molecular formula is C12H21N5O2. The van der Waals surface area contributed by atoms with E-state index < -0.39 is 0 Å². The van der Waals surface area contributed by atoms with Crippen molar-refractivity contribution in [3.63, 3.8) is 0 Å². The van der Waals surface area contributed by atoms with Crippen LogP contribution in [0.2, 0.25) is 0 Å². The van der Waals surface area contributed by atoms with Crippen LogP contribution in [0.1, 0.15) is 13.8 Å². The predicted molar refractivity (Wildman–Crippen MR) is 73.4 cm³/mol. The predicted octanol–water partition coefficient (Wildman–Crippen LogP) is 0.947. The number of anilines is 1. The first-order valence-corrected chi connectivity index (χ1v) is 6.16. The highest BCUT2D eigenvalue weighted by Gasteiger charge is 2.03. The van der Waals surface area contributed by atoms with Crippen molar-refractivity contribution in [1.82, 2.24) is 20.2 Å². The molecule has 0 spiro atoms. The van der Waals surface area contributed by atoms with Crippen LogP contribution in [-0.2, 0) is 0 Å². The first kappa shape index (κ1) is 15.0. The Morgan fingerprint density at radius 3 is 2.74 bits per heavy atom. The summed E-state index contributed by atoms with van der Waals surface area (Å²) in [4.78, 5) is 20.8. The lowest BCUT2D eigenvalue weighted by Crippen LogP contribution is -2.37. The molecule has 0 radical (unpaired) electrons. The standard InChI is InChI=1S/C12H21N5O2/c1-9(2)19-11-7-10(15-8-16-11)13-5-6-14-12(18)17(3)4/h7-9H,5-6H2,1-4H3,(H,14,18)(H,13,15,16). The number of hydrogen-bond donors (Lipinski definition) is 2. The third-order valence-electron chi connectivity index (χ3n) is 2.11. The Morgan fingerprint density at radius 1 is 1.37 bits per heavy atom. The molecule has 1 aromatic rings. The molecule has 19 heavy (non-hydrogen) atoms. The summed E-state index contributed by atoms with van der Waals surface area (Å²) in [5.41, 5.74) is 0. The summed E-state index contributed by atoms with van der Waals surface area (Å²) in [6, 6.07) is 1.61. The van der Waals surface area contributed by atoms with E-state index in [-0.39, 0.29) is 12.1 Å². The Kier molecular flexibility index (Phi) is 5.84. The van der Waals surface area contributed by atoms with E-state index in [9.17, 15) is 4.79 Å². The van der Waals surface area contributed by atoms with Crippen molar-refractivity contribution >= 4 is 11.8 Å². The molecule has 1 heterocycles. The average molecular weight is 267 g/mol. The van der Waals surface area contributed by atoms with E-state index in [0.717, 1.165) is 0 Å². The van der Waals surface area contributed by atoms with Gasteiger partial charge in [-0.3, -0.25) is 0 Å². The second-order valence-electron chi connectivity index (χ2n) is 4.46. The van der Waals surface area contributed by atoms with Gasteiger partial charge in [0.15, 0.2) is 0 Å². The zero-order chi connectivity index (χ0) is 14.3. The first-order valence-electron chi connectivity index (χ1n) is 6.16. The van der Waals surface area contributed by atoms with E-state index in [4.69, 9.17) is 4.74 Å².